The van der Waals surface area contributed by atoms with Crippen LogP contribution in [0.3, 0.4) is 0 Å². The van der Waals surface area contributed by atoms with Gasteiger partial charge in [-0.1, -0.05) is 0 Å². The van der Waals surface area contributed by atoms with E-state index < -0.39 is 0 Å². The number of aromatic hydroxyl groups is 1. The molecular weight excluding hydrogens is 192 g/mol. The number of hydrogen-bond donors (Lipinski definition) is 1. The highest BCUT2D eigenvalue weighted by molar-refractivity contribution is 5.41. The van der Waals surface area contributed by atoms with Crippen LogP contribution in [0.1, 0.15) is 30.9 Å². The largest absolute Gasteiger partial charge is 0.507 e. The third-order valence-corrected chi connectivity index (χ3v) is 2.76. The topological polar surface area (TPSA) is 38.7 Å². The van der Waals surface area contributed by atoms with Gasteiger partial charge in [0.15, 0.2) is 0 Å². The van der Waals surface area contributed by atoms with Gasteiger partial charge in [-0.25, -0.2) is 0 Å². The number of hydrogen-bond acceptors (Lipinski definition) is 3. The second kappa shape index (κ2) is 4.53. The molecule has 82 valence electrons. The lowest BCUT2D eigenvalue weighted by Crippen LogP contribution is -2.11. The maximum Gasteiger partial charge on any atom is 0.125 e. The first kappa shape index (κ1) is 10.3. The van der Waals surface area contributed by atoms with Crippen LogP contribution in [0.4, 0.5) is 0 Å². The monoisotopic (exact) mass is 208 g/mol. The predicted octanol–water partition coefficient (Wildman–Crippen LogP) is 2.64. The van der Waals surface area contributed by atoms with Gasteiger partial charge >= 0.3 is 0 Å². The van der Waals surface area contributed by atoms with Crippen LogP contribution in [0.2, 0.25) is 0 Å². The van der Waals surface area contributed by atoms with E-state index in [1.807, 2.05) is 12.1 Å². The summed E-state index contributed by atoms with van der Waals surface area (Å²) in [6.45, 7) is 0.788. The Hall–Kier alpha value is -1.22. The van der Waals surface area contributed by atoms with E-state index in [1.54, 1.807) is 13.2 Å². The molecule has 3 nitrogen and oxygen atoms in total. The first-order valence-corrected chi connectivity index (χ1v) is 5.30. The Morgan fingerprint density at radius 1 is 1.40 bits per heavy atom. The summed E-state index contributed by atoms with van der Waals surface area (Å²) in [5.74, 6) is 0.938. The fraction of sp³-hybridized carbons (Fsp3) is 0.500. The molecule has 0 amide bonds. The molecule has 0 aliphatic carbocycles. The van der Waals surface area contributed by atoms with E-state index in [9.17, 15) is 5.11 Å². The van der Waals surface area contributed by atoms with Crippen molar-refractivity contribution in [1.29, 1.82) is 0 Å². The van der Waals surface area contributed by atoms with Crippen LogP contribution in [-0.4, -0.2) is 18.8 Å². The molecule has 0 bridgehead atoms. The highest BCUT2D eigenvalue weighted by Crippen LogP contribution is 2.35. The van der Waals surface area contributed by atoms with E-state index in [1.165, 1.54) is 0 Å². The lowest BCUT2D eigenvalue weighted by Gasteiger charge is -2.23. The minimum atomic E-state index is 0.0460. The van der Waals surface area contributed by atoms with Gasteiger partial charge < -0.3 is 14.6 Å². The molecule has 0 saturated carbocycles. The van der Waals surface area contributed by atoms with E-state index in [2.05, 4.69) is 0 Å². The zero-order valence-corrected chi connectivity index (χ0v) is 8.90. The summed E-state index contributed by atoms with van der Waals surface area (Å²) < 4.78 is 10.7. The van der Waals surface area contributed by atoms with Crippen LogP contribution in [0.25, 0.3) is 0 Å². The predicted molar refractivity (Wildman–Crippen MR) is 57.2 cm³/mol. The van der Waals surface area contributed by atoms with Crippen LogP contribution >= 0.6 is 0 Å². The minimum Gasteiger partial charge on any atom is -0.507 e. The van der Waals surface area contributed by atoms with Gasteiger partial charge in [0, 0.05) is 18.2 Å². The summed E-state index contributed by atoms with van der Waals surface area (Å²) in [5.41, 5.74) is 0.871. The molecule has 0 spiro atoms. The summed E-state index contributed by atoms with van der Waals surface area (Å²) >= 11 is 0. The van der Waals surface area contributed by atoms with Crippen LogP contribution in [0, 0.1) is 0 Å². The summed E-state index contributed by atoms with van der Waals surface area (Å²) in [6.07, 6.45) is 3.31. The molecule has 1 aliphatic rings. The van der Waals surface area contributed by atoms with E-state index in [0.29, 0.717) is 5.75 Å². The maximum absolute atomic E-state index is 9.81. The first-order chi connectivity index (χ1) is 7.31. The third-order valence-electron chi connectivity index (χ3n) is 2.76. The smallest absolute Gasteiger partial charge is 0.125 e. The van der Waals surface area contributed by atoms with Crippen LogP contribution in [-0.2, 0) is 4.74 Å². The molecule has 15 heavy (non-hydrogen) atoms. The summed E-state index contributed by atoms with van der Waals surface area (Å²) in [5, 5.41) is 9.81. The standard InChI is InChI=1S/C12H16O3/c1-14-9-5-6-10(11(13)8-9)12-4-2-3-7-15-12/h5-6,8,12-13H,2-4,7H2,1H3. The molecule has 0 radical (unpaired) electrons. The van der Waals surface area contributed by atoms with Gasteiger partial charge in [0.2, 0.25) is 0 Å². The van der Waals surface area contributed by atoms with Crippen molar-refractivity contribution < 1.29 is 14.6 Å². The summed E-state index contributed by atoms with van der Waals surface area (Å²) in [7, 11) is 1.59. The Bertz CT molecular complexity index is 330. The van der Waals surface area contributed by atoms with Gasteiger partial charge in [0.1, 0.15) is 11.5 Å². The van der Waals surface area contributed by atoms with Gasteiger partial charge in [0.25, 0.3) is 0 Å². The molecule has 1 unspecified atom stereocenters. The highest BCUT2D eigenvalue weighted by atomic mass is 16.5. The SMILES string of the molecule is COc1ccc(C2CCCCO2)c(O)c1. The Labute approximate surface area is 89.6 Å². The quantitative estimate of drug-likeness (QED) is 0.812. The van der Waals surface area contributed by atoms with Gasteiger partial charge in [-0.05, 0) is 31.4 Å². The van der Waals surface area contributed by atoms with Crippen molar-refractivity contribution in [2.45, 2.75) is 25.4 Å². The molecule has 1 aliphatic heterocycles. The molecule has 1 aromatic rings. The van der Waals surface area contributed by atoms with Gasteiger partial charge in [-0.15, -0.1) is 0 Å². The average Bonchev–Trinajstić information content (AvgIpc) is 2.30. The molecule has 3 heteroatoms. The van der Waals surface area contributed by atoms with Crippen molar-refractivity contribution in [2.24, 2.45) is 0 Å². The normalized spacial score (nSPS) is 21.3. The van der Waals surface area contributed by atoms with Crippen molar-refractivity contribution in [3.8, 4) is 11.5 Å². The molecule has 1 aromatic carbocycles. The first-order valence-electron chi connectivity index (χ1n) is 5.30. The van der Waals surface area contributed by atoms with E-state index in [-0.39, 0.29) is 11.9 Å². The third kappa shape index (κ3) is 2.23. The van der Waals surface area contributed by atoms with Crippen molar-refractivity contribution in [3.05, 3.63) is 23.8 Å². The molecule has 0 aromatic heterocycles. The number of ether oxygens (including phenoxy) is 2. The van der Waals surface area contributed by atoms with Crippen molar-refractivity contribution in [2.75, 3.05) is 13.7 Å². The van der Waals surface area contributed by atoms with Crippen LogP contribution in [0.15, 0.2) is 18.2 Å². The number of phenols is 1. The Balaban J connectivity index is 2.19. The summed E-state index contributed by atoms with van der Waals surface area (Å²) in [6, 6.07) is 5.37. The van der Waals surface area contributed by atoms with Crippen LogP contribution < -0.4 is 4.74 Å². The lowest BCUT2D eigenvalue weighted by molar-refractivity contribution is 0.0136. The van der Waals surface area contributed by atoms with Crippen molar-refractivity contribution in [1.82, 2.24) is 0 Å². The molecular formula is C12H16O3. The second-order valence-corrected chi connectivity index (χ2v) is 3.78. The fourth-order valence-electron chi connectivity index (χ4n) is 1.91. The van der Waals surface area contributed by atoms with Gasteiger partial charge in [-0.2, -0.15) is 0 Å². The Morgan fingerprint density at radius 2 is 2.27 bits per heavy atom. The molecule has 2 rings (SSSR count). The van der Waals surface area contributed by atoms with Gasteiger partial charge in [-0.3, -0.25) is 0 Å². The summed E-state index contributed by atoms with van der Waals surface area (Å²) in [4.78, 5) is 0. The number of methoxy groups -OCH3 is 1. The Morgan fingerprint density at radius 3 is 2.87 bits per heavy atom. The lowest BCUT2D eigenvalue weighted by atomic mass is 10.0. The Kier molecular flexibility index (Phi) is 3.11. The molecule has 1 N–H and O–H groups in total. The highest BCUT2D eigenvalue weighted by Gasteiger charge is 2.19. The molecule has 1 fully saturated rings. The second-order valence-electron chi connectivity index (χ2n) is 3.78. The molecule has 1 saturated heterocycles. The maximum atomic E-state index is 9.81. The minimum absolute atomic E-state index is 0.0460. The zero-order valence-electron chi connectivity index (χ0n) is 8.90. The fourth-order valence-corrected chi connectivity index (χ4v) is 1.91. The van der Waals surface area contributed by atoms with Crippen molar-refractivity contribution >= 4 is 0 Å². The number of benzene rings is 1. The van der Waals surface area contributed by atoms with Gasteiger partial charge in [0.05, 0.1) is 13.2 Å². The van der Waals surface area contributed by atoms with E-state index in [0.717, 1.165) is 31.4 Å². The van der Waals surface area contributed by atoms with Crippen molar-refractivity contribution in [3.63, 3.8) is 0 Å². The zero-order chi connectivity index (χ0) is 10.7. The number of rotatable bonds is 2. The van der Waals surface area contributed by atoms with E-state index >= 15 is 0 Å². The van der Waals surface area contributed by atoms with E-state index in [4.69, 9.17) is 9.47 Å². The molecule has 1 atom stereocenters. The number of phenolic OH excluding ortho intramolecular Hbond substituents is 1. The molecule has 1 heterocycles. The van der Waals surface area contributed by atoms with Crippen LogP contribution in [0.5, 0.6) is 11.5 Å². The average molecular weight is 208 g/mol.